The fourth-order valence-corrected chi connectivity index (χ4v) is 1.60. The summed E-state index contributed by atoms with van der Waals surface area (Å²) in [7, 11) is 1.55. The van der Waals surface area contributed by atoms with Crippen LogP contribution in [0.4, 0.5) is 0 Å². The van der Waals surface area contributed by atoms with Crippen molar-refractivity contribution >= 4 is 21.8 Å². The van der Waals surface area contributed by atoms with Gasteiger partial charge < -0.3 is 10.1 Å². The number of carbonyl (C=O) groups excluding carboxylic acids is 1. The Hall–Kier alpha value is -1.03. The lowest BCUT2D eigenvalue weighted by Gasteiger charge is -2.21. The molecular formula is C12H16BrNO2. The lowest BCUT2D eigenvalue weighted by atomic mass is 10.1. The fraction of sp³-hybridized carbons (Fsp3) is 0.417. The van der Waals surface area contributed by atoms with Gasteiger partial charge in [-0.25, -0.2) is 0 Å². The van der Waals surface area contributed by atoms with Crippen molar-refractivity contribution < 1.29 is 9.53 Å². The molecule has 3 nitrogen and oxygen atoms in total. The second-order valence-corrected chi connectivity index (χ2v) is 5.46. The molecule has 0 unspecified atom stereocenters. The average molecular weight is 286 g/mol. The first-order chi connectivity index (χ1) is 7.33. The molecule has 0 bridgehead atoms. The molecule has 0 atom stereocenters. The normalized spacial score (nSPS) is 11.1. The number of nitrogens with one attached hydrogen (secondary N) is 1. The van der Waals surface area contributed by atoms with E-state index in [-0.39, 0.29) is 11.4 Å². The van der Waals surface area contributed by atoms with E-state index in [0.717, 1.165) is 4.47 Å². The van der Waals surface area contributed by atoms with Crippen LogP contribution in [0.25, 0.3) is 0 Å². The predicted molar refractivity (Wildman–Crippen MR) is 67.9 cm³/mol. The highest BCUT2D eigenvalue weighted by atomic mass is 79.9. The van der Waals surface area contributed by atoms with Crippen LogP contribution >= 0.6 is 15.9 Å². The second-order valence-electron chi connectivity index (χ2n) is 4.55. The first-order valence-corrected chi connectivity index (χ1v) is 5.79. The van der Waals surface area contributed by atoms with Crippen molar-refractivity contribution in [2.45, 2.75) is 26.3 Å². The van der Waals surface area contributed by atoms with E-state index in [1.54, 1.807) is 19.2 Å². The lowest BCUT2D eigenvalue weighted by Crippen LogP contribution is -2.40. The summed E-state index contributed by atoms with van der Waals surface area (Å²) in [6, 6.07) is 5.33. The van der Waals surface area contributed by atoms with Crippen molar-refractivity contribution in [2.75, 3.05) is 7.11 Å². The molecule has 0 saturated heterocycles. The third-order valence-corrected chi connectivity index (χ3v) is 2.39. The molecule has 0 aliphatic carbocycles. The summed E-state index contributed by atoms with van der Waals surface area (Å²) >= 11 is 3.34. The third kappa shape index (κ3) is 3.52. The topological polar surface area (TPSA) is 38.3 Å². The molecule has 0 aliphatic rings. The van der Waals surface area contributed by atoms with E-state index in [2.05, 4.69) is 21.2 Å². The number of rotatable bonds is 2. The summed E-state index contributed by atoms with van der Waals surface area (Å²) in [6.07, 6.45) is 0. The fourth-order valence-electron chi connectivity index (χ4n) is 1.26. The van der Waals surface area contributed by atoms with E-state index >= 15 is 0 Å². The van der Waals surface area contributed by atoms with E-state index in [1.807, 2.05) is 26.8 Å². The van der Waals surface area contributed by atoms with Gasteiger partial charge in [-0.1, -0.05) is 15.9 Å². The molecular weight excluding hydrogens is 270 g/mol. The largest absolute Gasteiger partial charge is 0.496 e. The highest BCUT2D eigenvalue weighted by Crippen LogP contribution is 2.23. The van der Waals surface area contributed by atoms with Crippen molar-refractivity contribution in [1.82, 2.24) is 5.32 Å². The van der Waals surface area contributed by atoms with E-state index in [4.69, 9.17) is 4.74 Å². The van der Waals surface area contributed by atoms with Crippen LogP contribution in [0.2, 0.25) is 0 Å². The molecule has 0 fully saturated rings. The van der Waals surface area contributed by atoms with Gasteiger partial charge in [0.25, 0.3) is 5.91 Å². The average Bonchev–Trinajstić information content (AvgIpc) is 2.14. The van der Waals surface area contributed by atoms with E-state index in [1.165, 1.54) is 0 Å². The van der Waals surface area contributed by atoms with Gasteiger partial charge >= 0.3 is 0 Å². The Bertz CT molecular complexity index is 396. The zero-order valence-corrected chi connectivity index (χ0v) is 11.5. The number of methoxy groups -OCH3 is 1. The Morgan fingerprint density at radius 3 is 2.50 bits per heavy atom. The van der Waals surface area contributed by atoms with Crippen LogP contribution < -0.4 is 10.1 Å². The second kappa shape index (κ2) is 4.87. The Labute approximate surface area is 104 Å². The van der Waals surface area contributed by atoms with Crippen LogP contribution in [0, 0.1) is 0 Å². The van der Waals surface area contributed by atoms with Crippen molar-refractivity contribution in [1.29, 1.82) is 0 Å². The maximum atomic E-state index is 11.9. The first-order valence-electron chi connectivity index (χ1n) is 4.99. The summed E-state index contributed by atoms with van der Waals surface area (Å²) in [5, 5.41) is 2.90. The van der Waals surface area contributed by atoms with Crippen LogP contribution in [0.5, 0.6) is 5.75 Å². The molecule has 16 heavy (non-hydrogen) atoms. The Balaban J connectivity index is 2.99. The number of amides is 1. The maximum absolute atomic E-state index is 11.9. The van der Waals surface area contributed by atoms with Crippen molar-refractivity contribution in [2.24, 2.45) is 0 Å². The van der Waals surface area contributed by atoms with Crippen molar-refractivity contribution in [3.05, 3.63) is 28.2 Å². The minimum Gasteiger partial charge on any atom is -0.496 e. The smallest absolute Gasteiger partial charge is 0.255 e. The number of hydrogen-bond donors (Lipinski definition) is 1. The Kier molecular flexibility index (Phi) is 3.97. The number of hydrogen-bond acceptors (Lipinski definition) is 2. The quantitative estimate of drug-likeness (QED) is 0.907. The highest BCUT2D eigenvalue weighted by Gasteiger charge is 2.18. The van der Waals surface area contributed by atoms with Gasteiger partial charge in [0.2, 0.25) is 0 Å². The molecule has 0 spiro atoms. The van der Waals surface area contributed by atoms with Crippen LogP contribution in [0.3, 0.4) is 0 Å². The monoisotopic (exact) mass is 285 g/mol. The molecule has 1 amide bonds. The maximum Gasteiger partial charge on any atom is 0.255 e. The third-order valence-electron chi connectivity index (χ3n) is 1.90. The van der Waals surface area contributed by atoms with E-state index < -0.39 is 0 Å². The van der Waals surface area contributed by atoms with Crippen molar-refractivity contribution in [3.8, 4) is 5.75 Å². The number of halogens is 1. The molecule has 1 aromatic carbocycles. The first kappa shape index (κ1) is 13.0. The molecule has 1 rings (SSSR count). The van der Waals surface area contributed by atoms with Gasteiger partial charge in [0, 0.05) is 10.0 Å². The molecule has 88 valence electrons. The van der Waals surface area contributed by atoms with Crippen LogP contribution in [0.15, 0.2) is 22.7 Å². The zero-order valence-electron chi connectivity index (χ0n) is 9.93. The summed E-state index contributed by atoms with van der Waals surface area (Å²) in [5.41, 5.74) is 0.287. The Morgan fingerprint density at radius 2 is 2.00 bits per heavy atom. The summed E-state index contributed by atoms with van der Waals surface area (Å²) in [6.45, 7) is 5.82. The minimum atomic E-state index is -0.255. The van der Waals surface area contributed by atoms with Gasteiger partial charge in [0.15, 0.2) is 0 Å². The molecule has 4 heteroatoms. The van der Waals surface area contributed by atoms with E-state index in [9.17, 15) is 4.79 Å². The van der Waals surface area contributed by atoms with Gasteiger partial charge in [0.05, 0.1) is 12.7 Å². The molecule has 0 aromatic heterocycles. The predicted octanol–water partition coefficient (Wildman–Crippen LogP) is 2.99. The SMILES string of the molecule is COc1cc(Br)ccc1C(=O)NC(C)(C)C. The molecule has 0 heterocycles. The summed E-state index contributed by atoms with van der Waals surface area (Å²) in [4.78, 5) is 11.9. The van der Waals surface area contributed by atoms with Crippen LogP contribution in [-0.2, 0) is 0 Å². The van der Waals surface area contributed by atoms with Gasteiger partial charge in [-0.3, -0.25) is 4.79 Å². The Morgan fingerprint density at radius 1 is 1.38 bits per heavy atom. The molecule has 1 N–H and O–H groups in total. The van der Waals surface area contributed by atoms with E-state index in [0.29, 0.717) is 11.3 Å². The minimum absolute atomic E-state index is 0.128. The standard InChI is InChI=1S/C12H16BrNO2/c1-12(2,3)14-11(15)9-6-5-8(13)7-10(9)16-4/h5-7H,1-4H3,(H,14,15). The van der Waals surface area contributed by atoms with Crippen LogP contribution in [-0.4, -0.2) is 18.6 Å². The van der Waals surface area contributed by atoms with Gasteiger partial charge in [-0.15, -0.1) is 0 Å². The number of benzene rings is 1. The number of carbonyl (C=O) groups is 1. The van der Waals surface area contributed by atoms with Gasteiger partial charge in [-0.2, -0.15) is 0 Å². The van der Waals surface area contributed by atoms with Gasteiger partial charge in [0.1, 0.15) is 5.75 Å². The molecule has 1 aromatic rings. The molecule has 0 saturated carbocycles. The number of ether oxygens (including phenoxy) is 1. The highest BCUT2D eigenvalue weighted by molar-refractivity contribution is 9.10. The summed E-state index contributed by atoms with van der Waals surface area (Å²) < 4.78 is 6.06. The summed E-state index contributed by atoms with van der Waals surface area (Å²) in [5.74, 6) is 0.438. The molecule has 0 radical (unpaired) electrons. The van der Waals surface area contributed by atoms with Crippen molar-refractivity contribution in [3.63, 3.8) is 0 Å². The van der Waals surface area contributed by atoms with Gasteiger partial charge in [-0.05, 0) is 39.0 Å². The van der Waals surface area contributed by atoms with Crippen LogP contribution in [0.1, 0.15) is 31.1 Å². The zero-order chi connectivity index (χ0) is 12.3. The lowest BCUT2D eigenvalue weighted by molar-refractivity contribution is 0.0916. The molecule has 0 aliphatic heterocycles.